The van der Waals surface area contributed by atoms with Crippen LogP contribution in [0.15, 0.2) is 12.2 Å². The standard InChI is InChI=1S/C16H18F4O8S/c1-7(6-26-3-2-15(17,18)16(19,20)29(23,24)25)13(21)27-11-8-4-9-10(5-8)14(22)28-12(9)11/h8-12H,1-6H2,(H,23,24,25)/p-1. The number of fused-ring (bicyclic) bond motifs is 1. The summed E-state index contributed by atoms with van der Waals surface area (Å²) >= 11 is 0. The van der Waals surface area contributed by atoms with Crippen molar-refractivity contribution in [2.24, 2.45) is 17.8 Å². The van der Waals surface area contributed by atoms with E-state index in [1.54, 1.807) is 0 Å². The zero-order valence-electron chi connectivity index (χ0n) is 14.8. The molecule has 5 unspecified atom stereocenters. The lowest BCUT2D eigenvalue weighted by molar-refractivity contribution is -0.171. The minimum atomic E-state index is -6.57. The van der Waals surface area contributed by atoms with Gasteiger partial charge in [0, 0.05) is 18.3 Å². The van der Waals surface area contributed by atoms with Crippen molar-refractivity contribution in [1.29, 1.82) is 0 Å². The number of carbonyl (C=O) groups excluding carboxylic acids is 2. The summed E-state index contributed by atoms with van der Waals surface area (Å²) in [6.45, 7) is 1.66. The lowest BCUT2D eigenvalue weighted by Crippen LogP contribution is -2.47. The molecule has 8 nitrogen and oxygen atoms in total. The second-order valence-electron chi connectivity index (χ2n) is 7.35. The minimum Gasteiger partial charge on any atom is -0.743 e. The molecule has 3 rings (SSSR count). The van der Waals surface area contributed by atoms with Gasteiger partial charge < -0.3 is 18.8 Å². The van der Waals surface area contributed by atoms with E-state index < -0.39 is 59.1 Å². The molecule has 164 valence electrons. The Morgan fingerprint density at radius 1 is 1.28 bits per heavy atom. The van der Waals surface area contributed by atoms with E-state index in [4.69, 9.17) is 9.47 Å². The van der Waals surface area contributed by atoms with Gasteiger partial charge in [-0.3, -0.25) is 4.79 Å². The Bertz CT molecular complexity index is 827. The average molecular weight is 445 g/mol. The minimum absolute atomic E-state index is 0.00370. The van der Waals surface area contributed by atoms with Gasteiger partial charge in [-0.1, -0.05) is 6.58 Å². The van der Waals surface area contributed by atoms with Crippen LogP contribution < -0.4 is 0 Å². The first-order valence-electron chi connectivity index (χ1n) is 8.64. The molecule has 1 aliphatic heterocycles. The predicted molar refractivity (Wildman–Crippen MR) is 83.6 cm³/mol. The van der Waals surface area contributed by atoms with E-state index in [-0.39, 0.29) is 29.3 Å². The van der Waals surface area contributed by atoms with Crippen molar-refractivity contribution in [1.82, 2.24) is 0 Å². The van der Waals surface area contributed by atoms with Crippen LogP contribution in [-0.4, -0.2) is 61.5 Å². The van der Waals surface area contributed by atoms with Crippen LogP contribution in [0.1, 0.15) is 19.3 Å². The van der Waals surface area contributed by atoms with Crippen LogP contribution >= 0.6 is 0 Å². The Kier molecular flexibility index (Phi) is 5.45. The van der Waals surface area contributed by atoms with Crippen LogP contribution in [0.5, 0.6) is 0 Å². The van der Waals surface area contributed by atoms with Gasteiger partial charge in [-0.25, -0.2) is 13.2 Å². The highest BCUT2D eigenvalue weighted by atomic mass is 32.2. The average Bonchev–Trinajstić information content (AvgIpc) is 3.22. The molecule has 0 aromatic carbocycles. The molecule has 2 aliphatic carbocycles. The third-order valence-corrected chi connectivity index (χ3v) is 6.45. The van der Waals surface area contributed by atoms with Crippen LogP contribution in [-0.2, 0) is 33.9 Å². The molecule has 13 heteroatoms. The van der Waals surface area contributed by atoms with Gasteiger partial charge in [-0.2, -0.15) is 17.6 Å². The van der Waals surface area contributed by atoms with Crippen LogP contribution in [0.2, 0.25) is 0 Å². The molecule has 0 spiro atoms. The number of carbonyl (C=O) groups is 2. The van der Waals surface area contributed by atoms with Crippen molar-refractivity contribution in [2.75, 3.05) is 13.2 Å². The summed E-state index contributed by atoms with van der Waals surface area (Å²) in [6, 6.07) is 0. The summed E-state index contributed by atoms with van der Waals surface area (Å²) in [5.41, 5.74) is -0.292. The SMILES string of the molecule is C=C(COCCC(F)(F)C(F)(F)S(=O)(=O)[O-])C(=O)OC1C2CC3C(=O)OC1C3C2. The van der Waals surface area contributed by atoms with E-state index in [2.05, 4.69) is 11.3 Å². The first kappa shape index (κ1) is 22.0. The molecule has 3 fully saturated rings. The van der Waals surface area contributed by atoms with Crippen LogP contribution in [0.4, 0.5) is 17.6 Å². The maximum Gasteiger partial charge on any atom is 0.396 e. The van der Waals surface area contributed by atoms with Gasteiger partial charge in [0.25, 0.3) is 0 Å². The van der Waals surface area contributed by atoms with Crippen LogP contribution in [0.3, 0.4) is 0 Å². The first-order valence-corrected chi connectivity index (χ1v) is 10.0. The van der Waals surface area contributed by atoms with Crippen molar-refractivity contribution in [3.8, 4) is 0 Å². The number of halogens is 4. The molecule has 0 aromatic rings. The van der Waals surface area contributed by atoms with Crippen molar-refractivity contribution in [3.63, 3.8) is 0 Å². The molecule has 0 amide bonds. The molecule has 0 N–H and O–H groups in total. The molecule has 29 heavy (non-hydrogen) atoms. The fourth-order valence-electron chi connectivity index (χ4n) is 4.05. The highest BCUT2D eigenvalue weighted by Gasteiger charge is 2.63. The van der Waals surface area contributed by atoms with Crippen LogP contribution in [0.25, 0.3) is 0 Å². The predicted octanol–water partition coefficient (Wildman–Crippen LogP) is 1.22. The molecule has 2 bridgehead atoms. The first-order chi connectivity index (χ1) is 13.3. The molecule has 5 atom stereocenters. The van der Waals surface area contributed by atoms with E-state index in [1.807, 2.05) is 0 Å². The summed E-state index contributed by atoms with van der Waals surface area (Å²) in [4.78, 5) is 23.8. The van der Waals surface area contributed by atoms with Crippen molar-refractivity contribution in [2.45, 2.75) is 42.6 Å². The van der Waals surface area contributed by atoms with E-state index in [0.29, 0.717) is 12.8 Å². The number of esters is 2. The fraction of sp³-hybridized carbons (Fsp3) is 0.750. The van der Waals surface area contributed by atoms with E-state index in [9.17, 15) is 40.1 Å². The molecule has 1 saturated heterocycles. The molecular formula is C16H17F4O8S-. The molecule has 2 saturated carbocycles. The third kappa shape index (κ3) is 3.75. The molecule has 3 aliphatic rings. The zero-order valence-corrected chi connectivity index (χ0v) is 15.6. The third-order valence-electron chi connectivity index (χ3n) is 5.52. The number of ether oxygens (including phenoxy) is 3. The summed E-state index contributed by atoms with van der Waals surface area (Å²) in [5.74, 6) is -6.60. The van der Waals surface area contributed by atoms with E-state index in [1.165, 1.54) is 0 Å². The maximum absolute atomic E-state index is 13.3. The van der Waals surface area contributed by atoms with Crippen LogP contribution in [0, 0.1) is 17.8 Å². The monoisotopic (exact) mass is 445 g/mol. The largest absolute Gasteiger partial charge is 0.743 e. The Morgan fingerprint density at radius 3 is 2.55 bits per heavy atom. The van der Waals surface area contributed by atoms with Gasteiger partial charge in [-0.05, 0) is 12.8 Å². The zero-order chi connectivity index (χ0) is 21.8. The van der Waals surface area contributed by atoms with Crippen molar-refractivity contribution < 1.29 is 54.3 Å². The van der Waals surface area contributed by atoms with Gasteiger partial charge in [-0.15, -0.1) is 0 Å². The number of hydrogen-bond donors (Lipinski definition) is 0. The fourth-order valence-corrected chi connectivity index (χ4v) is 4.52. The topological polar surface area (TPSA) is 119 Å². The normalized spacial score (nSPS) is 31.1. The smallest absolute Gasteiger partial charge is 0.396 e. The number of hydrogen-bond acceptors (Lipinski definition) is 8. The quantitative estimate of drug-likeness (QED) is 0.171. The highest BCUT2D eigenvalue weighted by Crippen LogP contribution is 2.55. The molecular weight excluding hydrogens is 428 g/mol. The lowest BCUT2D eigenvalue weighted by Gasteiger charge is -2.28. The Hall–Kier alpha value is -1.73. The summed E-state index contributed by atoms with van der Waals surface area (Å²) in [7, 11) is -6.57. The van der Waals surface area contributed by atoms with Gasteiger partial charge in [0.15, 0.2) is 10.1 Å². The van der Waals surface area contributed by atoms with Gasteiger partial charge in [0.05, 0.1) is 24.7 Å². The maximum atomic E-state index is 13.3. The molecule has 0 radical (unpaired) electrons. The number of alkyl halides is 4. The Balaban J connectivity index is 1.45. The number of rotatable bonds is 9. The van der Waals surface area contributed by atoms with Crippen molar-refractivity contribution in [3.05, 3.63) is 12.2 Å². The van der Waals surface area contributed by atoms with E-state index in [0.717, 1.165) is 0 Å². The molecule has 1 heterocycles. The second-order valence-corrected chi connectivity index (χ2v) is 8.78. The summed E-state index contributed by atoms with van der Waals surface area (Å²) in [5, 5.41) is -5.79. The van der Waals surface area contributed by atoms with E-state index >= 15 is 0 Å². The lowest BCUT2D eigenvalue weighted by atomic mass is 9.88. The highest BCUT2D eigenvalue weighted by molar-refractivity contribution is 7.86. The van der Waals surface area contributed by atoms with Gasteiger partial charge in [0.2, 0.25) is 0 Å². The Labute approximate surface area is 162 Å². The summed E-state index contributed by atoms with van der Waals surface area (Å²) in [6.07, 6.45) is -1.70. The summed E-state index contributed by atoms with van der Waals surface area (Å²) < 4.78 is 98.6. The second kappa shape index (κ2) is 7.20. The van der Waals surface area contributed by atoms with Gasteiger partial charge >= 0.3 is 23.1 Å². The van der Waals surface area contributed by atoms with Gasteiger partial charge in [0.1, 0.15) is 12.2 Å². The van der Waals surface area contributed by atoms with Crippen molar-refractivity contribution >= 4 is 22.1 Å². The Morgan fingerprint density at radius 2 is 1.93 bits per heavy atom. The molecule has 0 aromatic heterocycles.